The lowest BCUT2D eigenvalue weighted by Crippen LogP contribution is -2.20. The topological polar surface area (TPSA) is 71.3 Å². The van der Waals surface area contributed by atoms with Crippen LogP contribution in [0.3, 0.4) is 0 Å². The summed E-state index contributed by atoms with van der Waals surface area (Å²) in [5.41, 5.74) is 1.09. The van der Waals surface area contributed by atoms with Gasteiger partial charge >= 0.3 is 0 Å². The summed E-state index contributed by atoms with van der Waals surface area (Å²) in [6.45, 7) is 2.18. The summed E-state index contributed by atoms with van der Waals surface area (Å²) in [5, 5.41) is 13.4. The van der Waals surface area contributed by atoms with Crippen molar-refractivity contribution in [1.82, 2.24) is 15.2 Å². The summed E-state index contributed by atoms with van der Waals surface area (Å²) in [4.78, 5) is 15.8. The Morgan fingerprint density at radius 2 is 2.24 bits per heavy atom. The van der Waals surface area contributed by atoms with Gasteiger partial charge in [-0.05, 0) is 17.7 Å². The van der Waals surface area contributed by atoms with Gasteiger partial charge in [0.1, 0.15) is 0 Å². The maximum atomic E-state index is 10.4. The summed E-state index contributed by atoms with van der Waals surface area (Å²) >= 11 is 0. The SMILES string of the molecule is Cl.O=[N+]([O-])C=C1NCCN1Cc1ccncc1. The number of nitrogens with one attached hydrogen (secondary N) is 1. The molecule has 1 saturated heterocycles. The van der Waals surface area contributed by atoms with Gasteiger partial charge in [-0.15, -0.1) is 12.4 Å². The van der Waals surface area contributed by atoms with Gasteiger partial charge in [0.2, 0.25) is 0 Å². The van der Waals surface area contributed by atoms with E-state index in [1.807, 2.05) is 17.0 Å². The van der Waals surface area contributed by atoms with E-state index in [-0.39, 0.29) is 12.4 Å². The van der Waals surface area contributed by atoms with E-state index in [1.54, 1.807) is 12.4 Å². The second kappa shape index (κ2) is 6.05. The Kier molecular flexibility index (Phi) is 4.71. The lowest BCUT2D eigenvalue weighted by atomic mass is 10.2. The van der Waals surface area contributed by atoms with Crippen molar-refractivity contribution < 1.29 is 4.92 Å². The molecule has 0 atom stereocenters. The lowest BCUT2D eigenvalue weighted by Gasteiger charge is -2.16. The minimum absolute atomic E-state index is 0. The molecule has 92 valence electrons. The van der Waals surface area contributed by atoms with Gasteiger partial charge in [0.15, 0.2) is 5.82 Å². The molecule has 1 N–H and O–H groups in total. The van der Waals surface area contributed by atoms with Gasteiger partial charge in [-0.1, -0.05) is 0 Å². The molecule has 1 aromatic heterocycles. The highest BCUT2D eigenvalue weighted by Gasteiger charge is 2.19. The Bertz CT molecular complexity index is 410. The molecule has 0 spiro atoms. The molecule has 6 nitrogen and oxygen atoms in total. The molecule has 7 heteroatoms. The maximum absolute atomic E-state index is 10.4. The minimum atomic E-state index is -0.437. The van der Waals surface area contributed by atoms with Crippen LogP contribution in [-0.4, -0.2) is 27.9 Å². The summed E-state index contributed by atoms with van der Waals surface area (Å²) < 4.78 is 0. The molecular weight excluding hydrogens is 244 g/mol. The molecular formula is C10H13ClN4O2. The first-order valence-corrected chi connectivity index (χ1v) is 4.99. The predicted octanol–water partition coefficient (Wildman–Crippen LogP) is 0.984. The predicted molar refractivity (Wildman–Crippen MR) is 65.0 cm³/mol. The first-order valence-electron chi connectivity index (χ1n) is 4.99. The Labute approximate surface area is 105 Å². The van der Waals surface area contributed by atoms with E-state index < -0.39 is 4.92 Å². The van der Waals surface area contributed by atoms with E-state index in [0.29, 0.717) is 12.4 Å². The summed E-state index contributed by atoms with van der Waals surface area (Å²) in [6, 6.07) is 3.81. The Morgan fingerprint density at radius 1 is 1.53 bits per heavy atom. The van der Waals surface area contributed by atoms with Gasteiger partial charge in [-0.2, -0.15) is 0 Å². The van der Waals surface area contributed by atoms with Crippen molar-refractivity contribution in [2.75, 3.05) is 13.1 Å². The van der Waals surface area contributed by atoms with Crippen molar-refractivity contribution in [3.05, 3.63) is 52.2 Å². The van der Waals surface area contributed by atoms with Crippen LogP contribution in [-0.2, 0) is 6.54 Å². The van der Waals surface area contributed by atoms with Crippen LogP contribution < -0.4 is 5.32 Å². The van der Waals surface area contributed by atoms with Crippen LogP contribution in [0.4, 0.5) is 0 Å². The Balaban J connectivity index is 0.00000144. The van der Waals surface area contributed by atoms with E-state index in [2.05, 4.69) is 10.3 Å². The molecule has 0 bridgehead atoms. The molecule has 2 heterocycles. The van der Waals surface area contributed by atoms with Crippen molar-refractivity contribution in [2.24, 2.45) is 0 Å². The molecule has 1 aromatic rings. The average molecular weight is 257 g/mol. The first kappa shape index (κ1) is 13.2. The highest BCUT2D eigenvalue weighted by atomic mass is 35.5. The quantitative estimate of drug-likeness (QED) is 0.645. The molecule has 1 fully saturated rings. The fraction of sp³-hybridized carbons (Fsp3) is 0.300. The fourth-order valence-corrected chi connectivity index (χ4v) is 1.65. The smallest absolute Gasteiger partial charge is 0.274 e. The summed E-state index contributed by atoms with van der Waals surface area (Å²) in [5.74, 6) is 0.571. The van der Waals surface area contributed by atoms with Crippen LogP contribution in [0, 0.1) is 10.1 Å². The second-order valence-electron chi connectivity index (χ2n) is 3.50. The number of hydrogen-bond donors (Lipinski definition) is 1. The van der Waals surface area contributed by atoms with Gasteiger partial charge in [0.05, 0.1) is 4.92 Å². The number of rotatable bonds is 3. The third-order valence-corrected chi connectivity index (χ3v) is 2.38. The van der Waals surface area contributed by atoms with Gasteiger partial charge in [-0.25, -0.2) is 0 Å². The van der Waals surface area contributed by atoms with Crippen molar-refractivity contribution in [3.8, 4) is 0 Å². The van der Waals surface area contributed by atoms with Crippen LogP contribution in [0.1, 0.15) is 5.56 Å². The lowest BCUT2D eigenvalue weighted by molar-refractivity contribution is -0.404. The standard InChI is InChI=1S/C10H12N4O2.ClH/c15-14(16)8-10-12-5-6-13(10)7-9-1-3-11-4-2-9;/h1-4,8,12H,5-7H2;1H. The van der Waals surface area contributed by atoms with Crippen LogP contribution in [0.5, 0.6) is 0 Å². The highest BCUT2D eigenvalue weighted by molar-refractivity contribution is 5.85. The monoisotopic (exact) mass is 256 g/mol. The first-order chi connectivity index (χ1) is 7.75. The molecule has 0 amide bonds. The van der Waals surface area contributed by atoms with Crippen LogP contribution in [0.2, 0.25) is 0 Å². The van der Waals surface area contributed by atoms with Crippen molar-refractivity contribution >= 4 is 12.4 Å². The normalized spacial score (nSPS) is 16.5. The van der Waals surface area contributed by atoms with E-state index in [1.165, 1.54) is 0 Å². The van der Waals surface area contributed by atoms with Gasteiger partial charge < -0.3 is 10.2 Å². The van der Waals surface area contributed by atoms with Crippen molar-refractivity contribution in [1.29, 1.82) is 0 Å². The van der Waals surface area contributed by atoms with E-state index in [0.717, 1.165) is 24.9 Å². The number of nitrogens with zero attached hydrogens (tertiary/aromatic N) is 3. The Hall–Kier alpha value is -1.82. The second-order valence-corrected chi connectivity index (χ2v) is 3.50. The van der Waals surface area contributed by atoms with Crippen LogP contribution in [0.15, 0.2) is 36.5 Å². The van der Waals surface area contributed by atoms with Gasteiger partial charge in [0, 0.05) is 32.0 Å². The summed E-state index contributed by atoms with van der Waals surface area (Å²) in [6.07, 6.45) is 4.44. The molecule has 0 aliphatic carbocycles. The largest absolute Gasteiger partial charge is 0.365 e. The maximum Gasteiger partial charge on any atom is 0.274 e. The number of hydrogen-bond acceptors (Lipinski definition) is 5. The number of halogens is 1. The highest BCUT2D eigenvalue weighted by Crippen LogP contribution is 2.12. The molecule has 0 saturated carbocycles. The zero-order valence-corrected chi connectivity index (χ0v) is 9.89. The third-order valence-electron chi connectivity index (χ3n) is 2.38. The van der Waals surface area contributed by atoms with Crippen LogP contribution >= 0.6 is 12.4 Å². The summed E-state index contributed by atoms with van der Waals surface area (Å²) in [7, 11) is 0. The molecule has 2 rings (SSSR count). The zero-order valence-electron chi connectivity index (χ0n) is 9.07. The Morgan fingerprint density at radius 3 is 2.88 bits per heavy atom. The van der Waals surface area contributed by atoms with Crippen molar-refractivity contribution in [3.63, 3.8) is 0 Å². The molecule has 1 aliphatic rings. The average Bonchev–Trinajstić information content (AvgIpc) is 2.66. The van der Waals surface area contributed by atoms with Crippen molar-refractivity contribution in [2.45, 2.75) is 6.54 Å². The molecule has 1 aliphatic heterocycles. The minimum Gasteiger partial charge on any atom is -0.365 e. The molecule has 0 aromatic carbocycles. The van der Waals surface area contributed by atoms with E-state index in [9.17, 15) is 10.1 Å². The van der Waals surface area contributed by atoms with Gasteiger partial charge in [-0.3, -0.25) is 15.1 Å². The number of aromatic nitrogens is 1. The molecule has 0 unspecified atom stereocenters. The third kappa shape index (κ3) is 3.60. The fourth-order valence-electron chi connectivity index (χ4n) is 1.65. The molecule has 17 heavy (non-hydrogen) atoms. The number of nitro groups is 1. The number of pyridine rings is 1. The van der Waals surface area contributed by atoms with E-state index in [4.69, 9.17) is 0 Å². The zero-order chi connectivity index (χ0) is 11.4. The van der Waals surface area contributed by atoms with E-state index >= 15 is 0 Å². The molecule has 0 radical (unpaired) electrons. The van der Waals surface area contributed by atoms with Crippen LogP contribution in [0.25, 0.3) is 0 Å². The van der Waals surface area contributed by atoms with Gasteiger partial charge in [0.25, 0.3) is 6.20 Å².